The van der Waals surface area contributed by atoms with Gasteiger partial charge < -0.3 is 10.1 Å². The lowest BCUT2D eigenvalue weighted by atomic mass is 10.1. The fourth-order valence-corrected chi connectivity index (χ4v) is 4.22. The van der Waals surface area contributed by atoms with E-state index in [9.17, 15) is 0 Å². The van der Waals surface area contributed by atoms with Crippen LogP contribution in [0.1, 0.15) is 25.5 Å². The second kappa shape index (κ2) is 9.35. The van der Waals surface area contributed by atoms with Crippen molar-refractivity contribution in [3.05, 3.63) is 52.3 Å². The third-order valence-electron chi connectivity index (χ3n) is 5.15. The maximum atomic E-state index is 6.48. The molecule has 5 nitrogen and oxygen atoms in total. The van der Waals surface area contributed by atoms with E-state index in [4.69, 9.17) is 32.9 Å². The molecule has 0 unspecified atom stereocenters. The van der Waals surface area contributed by atoms with Crippen LogP contribution in [-0.2, 0) is 6.54 Å². The molecule has 1 aromatic carbocycles. The molecule has 3 aromatic rings. The van der Waals surface area contributed by atoms with Crippen molar-refractivity contribution in [3.8, 4) is 17.0 Å². The number of benzene rings is 1. The van der Waals surface area contributed by atoms with E-state index in [0.717, 1.165) is 80.5 Å². The molecule has 7 heteroatoms. The van der Waals surface area contributed by atoms with Gasteiger partial charge in [0.2, 0.25) is 0 Å². The molecule has 0 amide bonds. The Bertz CT molecular complexity index is 963. The zero-order valence-electron chi connectivity index (χ0n) is 16.6. The van der Waals surface area contributed by atoms with Gasteiger partial charge in [0.05, 0.1) is 28.0 Å². The van der Waals surface area contributed by atoms with Crippen LogP contribution in [0.2, 0.25) is 10.0 Å². The van der Waals surface area contributed by atoms with Crippen molar-refractivity contribution < 1.29 is 4.74 Å². The molecule has 1 N–H and O–H groups in total. The number of nitrogens with zero attached hydrogens (tertiary/aromatic N) is 3. The standard InChI is InChI=1S/C22H26Cl2N4O/c1-2-12-29-18-6-4-16(5-7-18)21-20(15-27-10-3-8-25-9-11-27)28-14-17(23)13-19(24)22(28)26-21/h4-7,13-14,25H,2-3,8-12,15H2,1H3. The minimum atomic E-state index is 0.561. The van der Waals surface area contributed by atoms with Crippen molar-refractivity contribution in [1.82, 2.24) is 19.6 Å². The zero-order chi connectivity index (χ0) is 20.2. The maximum absolute atomic E-state index is 6.48. The Hall–Kier alpha value is -1.79. The van der Waals surface area contributed by atoms with E-state index < -0.39 is 0 Å². The smallest absolute Gasteiger partial charge is 0.156 e. The van der Waals surface area contributed by atoms with Crippen molar-refractivity contribution in [2.45, 2.75) is 26.3 Å². The molecule has 154 valence electrons. The Morgan fingerprint density at radius 2 is 1.97 bits per heavy atom. The van der Waals surface area contributed by atoms with Crippen molar-refractivity contribution >= 4 is 28.8 Å². The van der Waals surface area contributed by atoms with E-state index in [1.807, 2.05) is 22.7 Å². The summed E-state index contributed by atoms with van der Waals surface area (Å²) in [5.74, 6) is 0.876. The number of halogens is 2. The van der Waals surface area contributed by atoms with Gasteiger partial charge in [-0.2, -0.15) is 0 Å². The molecule has 4 rings (SSSR count). The van der Waals surface area contributed by atoms with Crippen LogP contribution in [0.5, 0.6) is 5.75 Å². The molecule has 0 saturated carbocycles. The molecule has 1 aliphatic heterocycles. The highest BCUT2D eigenvalue weighted by atomic mass is 35.5. The largest absolute Gasteiger partial charge is 0.494 e. The van der Waals surface area contributed by atoms with Gasteiger partial charge in [-0.15, -0.1) is 0 Å². The summed E-state index contributed by atoms with van der Waals surface area (Å²) < 4.78 is 7.77. The lowest BCUT2D eigenvalue weighted by Gasteiger charge is -2.20. The normalized spacial score (nSPS) is 15.6. The van der Waals surface area contributed by atoms with Gasteiger partial charge in [-0.1, -0.05) is 30.1 Å². The fraction of sp³-hybridized carbons (Fsp3) is 0.409. The Morgan fingerprint density at radius 3 is 2.76 bits per heavy atom. The topological polar surface area (TPSA) is 41.8 Å². The number of nitrogens with one attached hydrogen (secondary N) is 1. The molecule has 1 fully saturated rings. The summed E-state index contributed by atoms with van der Waals surface area (Å²) in [5.41, 5.74) is 3.83. The predicted molar refractivity (Wildman–Crippen MR) is 119 cm³/mol. The predicted octanol–water partition coefficient (Wildman–Crippen LogP) is 4.89. The minimum Gasteiger partial charge on any atom is -0.494 e. The number of aromatic nitrogens is 2. The summed E-state index contributed by atoms with van der Waals surface area (Å²) in [5, 5.41) is 4.63. The number of hydrogen-bond donors (Lipinski definition) is 1. The summed E-state index contributed by atoms with van der Waals surface area (Å²) in [4.78, 5) is 7.35. The van der Waals surface area contributed by atoms with Crippen LogP contribution >= 0.6 is 23.2 Å². The third kappa shape index (κ3) is 4.69. The second-order valence-corrected chi connectivity index (χ2v) is 8.20. The number of hydrogen-bond acceptors (Lipinski definition) is 4. The highest BCUT2D eigenvalue weighted by Gasteiger charge is 2.20. The van der Waals surface area contributed by atoms with Crippen LogP contribution in [0.3, 0.4) is 0 Å². The molecule has 1 saturated heterocycles. The van der Waals surface area contributed by atoms with Crippen molar-refractivity contribution in [3.63, 3.8) is 0 Å². The summed E-state index contributed by atoms with van der Waals surface area (Å²) in [7, 11) is 0. The first-order valence-electron chi connectivity index (χ1n) is 10.2. The van der Waals surface area contributed by atoms with Crippen LogP contribution in [-0.4, -0.2) is 47.1 Å². The molecule has 2 aromatic heterocycles. The Labute approximate surface area is 181 Å². The van der Waals surface area contributed by atoms with Crippen LogP contribution in [0.25, 0.3) is 16.9 Å². The highest BCUT2D eigenvalue weighted by Crippen LogP contribution is 2.31. The van der Waals surface area contributed by atoms with Gasteiger partial charge in [0, 0.05) is 31.4 Å². The van der Waals surface area contributed by atoms with Gasteiger partial charge in [-0.3, -0.25) is 9.30 Å². The number of ether oxygens (including phenoxy) is 1. The van der Waals surface area contributed by atoms with E-state index in [1.54, 1.807) is 6.07 Å². The lowest BCUT2D eigenvalue weighted by Crippen LogP contribution is -2.28. The first-order valence-corrected chi connectivity index (χ1v) is 10.9. The average molecular weight is 433 g/mol. The molecule has 0 aliphatic carbocycles. The first-order chi connectivity index (χ1) is 14.2. The van der Waals surface area contributed by atoms with E-state index in [-0.39, 0.29) is 0 Å². The van der Waals surface area contributed by atoms with E-state index in [0.29, 0.717) is 10.0 Å². The molecule has 0 bridgehead atoms. The highest BCUT2D eigenvalue weighted by molar-refractivity contribution is 6.36. The average Bonchev–Trinajstić information content (AvgIpc) is 2.89. The SMILES string of the molecule is CCCOc1ccc(-c2nc3c(Cl)cc(Cl)cn3c2CN2CCCNCC2)cc1. The summed E-state index contributed by atoms with van der Waals surface area (Å²) in [6, 6.07) is 9.88. The van der Waals surface area contributed by atoms with E-state index >= 15 is 0 Å². The fourth-order valence-electron chi connectivity index (χ4n) is 3.70. The zero-order valence-corrected chi connectivity index (χ0v) is 18.1. The van der Waals surface area contributed by atoms with Gasteiger partial charge in [-0.25, -0.2) is 4.98 Å². The molecular weight excluding hydrogens is 407 g/mol. The van der Waals surface area contributed by atoms with Gasteiger partial charge in [0.15, 0.2) is 5.65 Å². The monoisotopic (exact) mass is 432 g/mol. The lowest BCUT2D eigenvalue weighted by molar-refractivity contribution is 0.281. The van der Waals surface area contributed by atoms with Gasteiger partial charge in [0.1, 0.15) is 5.75 Å². The number of imidazole rings is 1. The summed E-state index contributed by atoms with van der Waals surface area (Å²) in [6.07, 6.45) is 4.03. The molecule has 0 spiro atoms. The summed E-state index contributed by atoms with van der Waals surface area (Å²) >= 11 is 12.8. The quantitative estimate of drug-likeness (QED) is 0.601. The van der Waals surface area contributed by atoms with Crippen LogP contribution < -0.4 is 10.1 Å². The van der Waals surface area contributed by atoms with Crippen LogP contribution in [0.15, 0.2) is 36.5 Å². The first kappa shape index (κ1) is 20.5. The Morgan fingerprint density at radius 1 is 1.14 bits per heavy atom. The molecule has 1 aliphatic rings. The van der Waals surface area contributed by atoms with Crippen molar-refractivity contribution in [2.24, 2.45) is 0 Å². The molecule has 0 atom stereocenters. The minimum absolute atomic E-state index is 0.561. The van der Waals surface area contributed by atoms with Crippen LogP contribution in [0, 0.1) is 0 Å². The molecular formula is C22H26Cl2N4O. The van der Waals surface area contributed by atoms with Gasteiger partial charge in [-0.05, 0) is 56.3 Å². The number of rotatable bonds is 6. The van der Waals surface area contributed by atoms with Gasteiger partial charge >= 0.3 is 0 Å². The molecule has 3 heterocycles. The third-order valence-corrected chi connectivity index (χ3v) is 5.63. The molecule has 29 heavy (non-hydrogen) atoms. The van der Waals surface area contributed by atoms with E-state index in [1.165, 1.54) is 0 Å². The van der Waals surface area contributed by atoms with Crippen molar-refractivity contribution in [2.75, 3.05) is 32.8 Å². The number of fused-ring (bicyclic) bond motifs is 1. The summed E-state index contributed by atoms with van der Waals surface area (Å²) in [6.45, 7) is 7.73. The van der Waals surface area contributed by atoms with Crippen molar-refractivity contribution in [1.29, 1.82) is 0 Å². The Balaban J connectivity index is 1.74. The van der Waals surface area contributed by atoms with Gasteiger partial charge in [0.25, 0.3) is 0 Å². The van der Waals surface area contributed by atoms with Crippen LogP contribution in [0.4, 0.5) is 0 Å². The molecule has 0 radical (unpaired) electrons. The second-order valence-electron chi connectivity index (χ2n) is 7.36. The number of pyridine rings is 1. The van der Waals surface area contributed by atoms with E-state index in [2.05, 4.69) is 29.3 Å². The Kier molecular flexibility index (Phi) is 6.60. The maximum Gasteiger partial charge on any atom is 0.156 e.